The molecule has 0 spiro atoms. The van der Waals surface area contributed by atoms with Crippen LogP contribution in [0.25, 0.3) is 0 Å². The summed E-state index contributed by atoms with van der Waals surface area (Å²) in [4.78, 5) is 28.7. The minimum absolute atomic E-state index is 0.00943. The standard InChI is InChI=1S/C13H16N2O3/c1-9-7-15(8-11(9)13(17)18)12(16)6-10-4-2-3-5-14-10/h2-5,9,11H,6-8H2,1H3,(H,17,18). The van der Waals surface area contributed by atoms with Crippen LogP contribution in [0, 0.1) is 11.8 Å². The van der Waals surface area contributed by atoms with Gasteiger partial charge in [-0.15, -0.1) is 0 Å². The maximum Gasteiger partial charge on any atom is 0.308 e. The summed E-state index contributed by atoms with van der Waals surface area (Å²) in [5.74, 6) is -1.31. The van der Waals surface area contributed by atoms with E-state index in [9.17, 15) is 9.59 Å². The van der Waals surface area contributed by atoms with Crippen LogP contribution >= 0.6 is 0 Å². The van der Waals surface area contributed by atoms with E-state index in [1.54, 1.807) is 23.2 Å². The topological polar surface area (TPSA) is 70.5 Å². The number of aromatic nitrogens is 1. The quantitative estimate of drug-likeness (QED) is 0.859. The first-order valence-corrected chi connectivity index (χ1v) is 5.98. The molecule has 0 saturated carbocycles. The molecule has 1 amide bonds. The third-order valence-corrected chi connectivity index (χ3v) is 3.34. The van der Waals surface area contributed by atoms with E-state index in [0.29, 0.717) is 18.8 Å². The second kappa shape index (κ2) is 5.16. The summed E-state index contributed by atoms with van der Waals surface area (Å²) in [6.45, 7) is 2.69. The van der Waals surface area contributed by atoms with Gasteiger partial charge < -0.3 is 10.0 Å². The Labute approximate surface area is 105 Å². The van der Waals surface area contributed by atoms with Gasteiger partial charge in [-0.2, -0.15) is 0 Å². The molecule has 5 heteroatoms. The molecule has 1 aromatic rings. The highest BCUT2D eigenvalue weighted by atomic mass is 16.4. The maximum absolute atomic E-state index is 12.0. The molecule has 1 aromatic heterocycles. The van der Waals surface area contributed by atoms with Crippen LogP contribution in [0.5, 0.6) is 0 Å². The average Bonchev–Trinajstić information content (AvgIpc) is 2.73. The summed E-state index contributed by atoms with van der Waals surface area (Å²) < 4.78 is 0. The smallest absolute Gasteiger partial charge is 0.308 e. The summed E-state index contributed by atoms with van der Waals surface area (Å²) in [6.07, 6.45) is 1.88. The first-order chi connectivity index (χ1) is 8.58. The molecule has 1 N–H and O–H groups in total. The van der Waals surface area contributed by atoms with Gasteiger partial charge in [0.1, 0.15) is 0 Å². The fraction of sp³-hybridized carbons (Fsp3) is 0.462. The molecule has 2 atom stereocenters. The van der Waals surface area contributed by atoms with E-state index in [4.69, 9.17) is 5.11 Å². The Bertz CT molecular complexity index is 447. The van der Waals surface area contributed by atoms with Crippen molar-refractivity contribution in [2.24, 2.45) is 11.8 Å². The zero-order valence-electron chi connectivity index (χ0n) is 10.2. The highest BCUT2D eigenvalue weighted by molar-refractivity contribution is 5.80. The molecule has 1 saturated heterocycles. The van der Waals surface area contributed by atoms with E-state index < -0.39 is 11.9 Å². The van der Waals surface area contributed by atoms with Crippen LogP contribution in [-0.2, 0) is 16.0 Å². The Hall–Kier alpha value is -1.91. The zero-order chi connectivity index (χ0) is 13.1. The third-order valence-electron chi connectivity index (χ3n) is 3.34. The molecule has 1 aliphatic rings. The van der Waals surface area contributed by atoms with Gasteiger partial charge in [0, 0.05) is 25.0 Å². The molecular formula is C13H16N2O3. The summed E-state index contributed by atoms with van der Waals surface area (Å²) in [5, 5.41) is 9.02. The molecule has 1 aliphatic heterocycles. The van der Waals surface area contributed by atoms with Crippen molar-refractivity contribution in [1.82, 2.24) is 9.88 Å². The van der Waals surface area contributed by atoms with Crippen molar-refractivity contribution in [2.75, 3.05) is 13.1 Å². The molecule has 1 fully saturated rings. The monoisotopic (exact) mass is 248 g/mol. The van der Waals surface area contributed by atoms with Crippen LogP contribution in [0.3, 0.4) is 0 Å². The van der Waals surface area contributed by atoms with Gasteiger partial charge in [-0.05, 0) is 18.1 Å². The maximum atomic E-state index is 12.0. The van der Waals surface area contributed by atoms with Crippen molar-refractivity contribution in [3.8, 4) is 0 Å². The number of aliphatic carboxylic acids is 1. The lowest BCUT2D eigenvalue weighted by atomic mass is 9.99. The van der Waals surface area contributed by atoms with Crippen molar-refractivity contribution >= 4 is 11.9 Å². The fourth-order valence-corrected chi connectivity index (χ4v) is 2.26. The molecule has 2 unspecified atom stereocenters. The number of hydrogen-bond donors (Lipinski definition) is 1. The second-order valence-electron chi connectivity index (χ2n) is 4.72. The Kier molecular flexibility index (Phi) is 3.60. The Balaban J connectivity index is 1.97. The van der Waals surface area contributed by atoms with Crippen molar-refractivity contribution < 1.29 is 14.7 Å². The number of carbonyl (C=O) groups excluding carboxylic acids is 1. The highest BCUT2D eigenvalue weighted by Gasteiger charge is 2.36. The van der Waals surface area contributed by atoms with Gasteiger partial charge in [0.15, 0.2) is 0 Å². The van der Waals surface area contributed by atoms with Gasteiger partial charge in [-0.25, -0.2) is 0 Å². The summed E-state index contributed by atoms with van der Waals surface area (Å²) >= 11 is 0. The number of carbonyl (C=O) groups is 2. The van der Waals surface area contributed by atoms with E-state index in [1.807, 2.05) is 13.0 Å². The first kappa shape index (κ1) is 12.5. The normalized spacial score (nSPS) is 23.1. The summed E-state index contributed by atoms with van der Waals surface area (Å²) in [6, 6.07) is 5.43. The summed E-state index contributed by atoms with van der Waals surface area (Å²) in [7, 11) is 0. The molecule has 18 heavy (non-hydrogen) atoms. The number of hydrogen-bond acceptors (Lipinski definition) is 3. The van der Waals surface area contributed by atoms with Gasteiger partial charge in [0.2, 0.25) is 5.91 Å². The van der Waals surface area contributed by atoms with Crippen LogP contribution < -0.4 is 0 Å². The molecule has 0 radical (unpaired) electrons. The first-order valence-electron chi connectivity index (χ1n) is 5.98. The Morgan fingerprint density at radius 2 is 2.22 bits per heavy atom. The molecule has 5 nitrogen and oxygen atoms in total. The van der Waals surface area contributed by atoms with Crippen molar-refractivity contribution in [1.29, 1.82) is 0 Å². The van der Waals surface area contributed by atoms with Crippen LogP contribution in [0.15, 0.2) is 24.4 Å². The molecule has 0 bridgehead atoms. The predicted molar refractivity (Wildman–Crippen MR) is 64.8 cm³/mol. The summed E-state index contributed by atoms with van der Waals surface area (Å²) in [5.41, 5.74) is 0.717. The van der Waals surface area contributed by atoms with Gasteiger partial charge in [0.05, 0.1) is 12.3 Å². The Morgan fingerprint density at radius 3 is 2.78 bits per heavy atom. The number of nitrogens with zero attached hydrogens (tertiary/aromatic N) is 2. The van der Waals surface area contributed by atoms with Crippen LogP contribution in [0.1, 0.15) is 12.6 Å². The van der Waals surface area contributed by atoms with Crippen LogP contribution in [0.4, 0.5) is 0 Å². The molecule has 96 valence electrons. The van der Waals surface area contributed by atoms with Crippen molar-refractivity contribution in [3.63, 3.8) is 0 Å². The molecule has 2 heterocycles. The molecule has 0 aromatic carbocycles. The van der Waals surface area contributed by atoms with Gasteiger partial charge >= 0.3 is 5.97 Å². The van der Waals surface area contributed by atoms with Gasteiger partial charge in [-0.3, -0.25) is 14.6 Å². The number of carboxylic acid groups (broad SMARTS) is 1. The number of pyridine rings is 1. The van der Waals surface area contributed by atoms with Crippen molar-refractivity contribution in [2.45, 2.75) is 13.3 Å². The molecule has 0 aliphatic carbocycles. The van der Waals surface area contributed by atoms with Crippen molar-refractivity contribution in [3.05, 3.63) is 30.1 Å². The average molecular weight is 248 g/mol. The van der Waals surface area contributed by atoms with E-state index in [0.717, 1.165) is 0 Å². The number of amides is 1. The zero-order valence-corrected chi connectivity index (χ0v) is 10.2. The lowest BCUT2D eigenvalue weighted by Gasteiger charge is -2.15. The van der Waals surface area contributed by atoms with E-state index in [-0.39, 0.29) is 18.2 Å². The SMILES string of the molecule is CC1CN(C(=O)Cc2ccccn2)CC1C(=O)O. The lowest BCUT2D eigenvalue weighted by molar-refractivity contribution is -0.142. The van der Waals surface area contributed by atoms with Crippen LogP contribution in [-0.4, -0.2) is 40.0 Å². The van der Waals surface area contributed by atoms with Gasteiger partial charge in [0.25, 0.3) is 0 Å². The minimum atomic E-state index is -0.823. The molecular weight excluding hydrogens is 232 g/mol. The fourth-order valence-electron chi connectivity index (χ4n) is 2.26. The Morgan fingerprint density at radius 1 is 1.44 bits per heavy atom. The van der Waals surface area contributed by atoms with Gasteiger partial charge in [-0.1, -0.05) is 13.0 Å². The number of carboxylic acids is 1. The third kappa shape index (κ3) is 2.67. The number of rotatable bonds is 3. The predicted octanol–water partition coefficient (Wildman–Crippen LogP) is 0.803. The lowest BCUT2D eigenvalue weighted by Crippen LogP contribution is -2.31. The highest BCUT2D eigenvalue weighted by Crippen LogP contribution is 2.23. The minimum Gasteiger partial charge on any atom is -0.481 e. The van der Waals surface area contributed by atoms with E-state index in [2.05, 4.69) is 4.98 Å². The van der Waals surface area contributed by atoms with Crippen LogP contribution in [0.2, 0.25) is 0 Å². The largest absolute Gasteiger partial charge is 0.481 e. The van der Waals surface area contributed by atoms with E-state index in [1.165, 1.54) is 0 Å². The molecule has 2 rings (SSSR count). The second-order valence-corrected chi connectivity index (χ2v) is 4.72. The van der Waals surface area contributed by atoms with E-state index >= 15 is 0 Å². The number of likely N-dealkylation sites (tertiary alicyclic amines) is 1.